The molecule has 0 saturated heterocycles. The van der Waals surface area contributed by atoms with Gasteiger partial charge in [0.05, 0.1) is 11.1 Å². The summed E-state index contributed by atoms with van der Waals surface area (Å²) >= 11 is 0. The highest BCUT2D eigenvalue weighted by Crippen LogP contribution is 2.45. The first-order chi connectivity index (χ1) is 29.7. The highest BCUT2D eigenvalue weighted by molar-refractivity contribution is 6.18. The summed E-state index contributed by atoms with van der Waals surface area (Å²) in [5, 5.41) is 11.3. The van der Waals surface area contributed by atoms with E-state index in [1.54, 1.807) is 0 Å². The molecule has 0 spiro atoms. The summed E-state index contributed by atoms with van der Waals surface area (Å²) in [5.41, 5.74) is 12.8. The molecule has 3 aromatic heterocycles. The first-order valence-electron chi connectivity index (χ1n) is 20.3. The van der Waals surface area contributed by atoms with E-state index in [0.717, 1.165) is 116 Å². The van der Waals surface area contributed by atoms with Crippen molar-refractivity contribution in [3.63, 3.8) is 0 Å². The van der Waals surface area contributed by atoms with Crippen LogP contribution in [0.15, 0.2) is 213 Å². The smallest absolute Gasteiger partial charge is 0.143 e. The lowest BCUT2D eigenvalue weighted by molar-refractivity contribution is 0.669. The predicted molar refractivity (Wildman–Crippen MR) is 249 cm³/mol. The van der Waals surface area contributed by atoms with E-state index >= 15 is 0 Å². The molecule has 280 valence electrons. The van der Waals surface area contributed by atoms with Gasteiger partial charge in [-0.1, -0.05) is 133 Å². The van der Waals surface area contributed by atoms with Crippen molar-refractivity contribution in [2.24, 2.45) is 0 Å². The normalized spacial score (nSPS) is 12.0. The van der Waals surface area contributed by atoms with E-state index in [1.165, 1.54) is 10.8 Å². The van der Waals surface area contributed by atoms with Crippen LogP contribution >= 0.6 is 0 Å². The second-order valence-electron chi connectivity index (χ2n) is 15.6. The van der Waals surface area contributed by atoms with Crippen molar-refractivity contribution >= 4 is 104 Å². The van der Waals surface area contributed by atoms with Crippen LogP contribution in [0.1, 0.15) is 0 Å². The van der Waals surface area contributed by atoms with E-state index in [0.29, 0.717) is 0 Å². The molecular weight excluding hydrogens is 735 g/mol. The van der Waals surface area contributed by atoms with Gasteiger partial charge in [0.1, 0.15) is 33.5 Å². The summed E-state index contributed by atoms with van der Waals surface area (Å²) in [6.45, 7) is 0. The molecule has 0 bridgehead atoms. The molecule has 4 nitrogen and oxygen atoms in total. The van der Waals surface area contributed by atoms with Crippen molar-refractivity contribution in [3.8, 4) is 22.3 Å². The molecule has 10 aromatic carbocycles. The minimum atomic E-state index is 0.850. The molecule has 0 N–H and O–H groups in total. The number of para-hydroxylation sites is 2. The molecule has 0 saturated carbocycles. The standard InChI is InChI=1S/C56H33NO3/c1-3-11-41-35(9-1)23-31-46-44-30-25-38(33-52(44)59-54(41)46)34-19-26-39(27-20-34)57(49-16-8-18-51-53(49)48-13-5-6-17-50(48)58-51)40-28-21-37(22-29-40)43-14-7-15-45-47-32-24-36-10-2-4-12-42(36)56(47)60-55(43)45/h1-33H. The molecule has 0 fully saturated rings. The number of anilines is 3. The van der Waals surface area contributed by atoms with Crippen LogP contribution in [0.5, 0.6) is 0 Å². The maximum Gasteiger partial charge on any atom is 0.143 e. The van der Waals surface area contributed by atoms with Gasteiger partial charge in [-0.05, 0) is 94.2 Å². The topological polar surface area (TPSA) is 42.7 Å². The maximum atomic E-state index is 6.72. The van der Waals surface area contributed by atoms with Crippen molar-refractivity contribution in [3.05, 3.63) is 200 Å². The van der Waals surface area contributed by atoms with Crippen LogP contribution in [0.3, 0.4) is 0 Å². The molecule has 0 aliphatic heterocycles. The third kappa shape index (κ3) is 4.91. The zero-order chi connectivity index (χ0) is 39.3. The summed E-state index contributed by atoms with van der Waals surface area (Å²) in [6, 6.07) is 70.8. The molecular formula is C56H33NO3. The van der Waals surface area contributed by atoms with Crippen molar-refractivity contribution in [2.75, 3.05) is 4.90 Å². The SMILES string of the molecule is c1ccc2c(c1)ccc1c3ccc(-c4ccc(N(c5ccc(-c6cccc7c6oc6c8ccccc8ccc76)cc5)c5cccc6oc7ccccc7c56)cc4)cc3oc21. The number of benzene rings is 10. The third-order valence-electron chi connectivity index (χ3n) is 12.3. The van der Waals surface area contributed by atoms with Crippen molar-refractivity contribution in [1.29, 1.82) is 0 Å². The summed E-state index contributed by atoms with van der Waals surface area (Å²) in [4.78, 5) is 2.33. The molecule has 0 aliphatic carbocycles. The molecule has 0 aliphatic rings. The largest absolute Gasteiger partial charge is 0.456 e. The van der Waals surface area contributed by atoms with Crippen molar-refractivity contribution < 1.29 is 13.3 Å². The lowest BCUT2D eigenvalue weighted by atomic mass is 10.0. The second kappa shape index (κ2) is 12.7. The van der Waals surface area contributed by atoms with Gasteiger partial charge in [-0.25, -0.2) is 0 Å². The van der Waals surface area contributed by atoms with Crippen LogP contribution < -0.4 is 4.90 Å². The van der Waals surface area contributed by atoms with E-state index in [2.05, 4.69) is 193 Å². The number of nitrogens with zero attached hydrogens (tertiary/aromatic N) is 1. The Kier molecular flexibility index (Phi) is 6.98. The molecule has 0 amide bonds. The molecule has 0 radical (unpaired) electrons. The maximum absolute atomic E-state index is 6.72. The number of hydrogen-bond acceptors (Lipinski definition) is 4. The fourth-order valence-electron chi connectivity index (χ4n) is 9.40. The predicted octanol–water partition coefficient (Wildman–Crippen LogP) is 16.5. The quantitative estimate of drug-likeness (QED) is 0.175. The molecule has 13 aromatic rings. The van der Waals surface area contributed by atoms with E-state index in [9.17, 15) is 0 Å². The van der Waals surface area contributed by atoms with Gasteiger partial charge in [0.25, 0.3) is 0 Å². The molecule has 0 atom stereocenters. The molecule has 13 rings (SSSR count). The Morgan fingerprint density at radius 3 is 1.60 bits per heavy atom. The lowest BCUT2D eigenvalue weighted by Gasteiger charge is -2.26. The summed E-state index contributed by atoms with van der Waals surface area (Å²) in [7, 11) is 0. The van der Waals surface area contributed by atoms with Gasteiger partial charge in [0.2, 0.25) is 0 Å². The highest BCUT2D eigenvalue weighted by atomic mass is 16.3. The number of fused-ring (bicyclic) bond motifs is 13. The molecule has 0 unspecified atom stereocenters. The third-order valence-corrected chi connectivity index (χ3v) is 12.3. The van der Waals surface area contributed by atoms with Gasteiger partial charge in [-0.2, -0.15) is 0 Å². The summed E-state index contributed by atoms with van der Waals surface area (Å²) < 4.78 is 19.7. The number of hydrogen-bond donors (Lipinski definition) is 0. The lowest BCUT2D eigenvalue weighted by Crippen LogP contribution is -2.10. The fraction of sp³-hybridized carbons (Fsp3) is 0. The Morgan fingerprint density at radius 2 is 0.850 bits per heavy atom. The van der Waals surface area contributed by atoms with Crippen LogP contribution in [0, 0.1) is 0 Å². The van der Waals surface area contributed by atoms with Crippen molar-refractivity contribution in [2.45, 2.75) is 0 Å². The van der Waals surface area contributed by atoms with Gasteiger partial charge in [-0.15, -0.1) is 0 Å². The van der Waals surface area contributed by atoms with E-state index in [4.69, 9.17) is 13.3 Å². The van der Waals surface area contributed by atoms with Crippen LogP contribution in [-0.4, -0.2) is 0 Å². The second-order valence-corrected chi connectivity index (χ2v) is 15.6. The molecule has 4 heteroatoms. The first kappa shape index (κ1) is 32.9. The highest BCUT2D eigenvalue weighted by Gasteiger charge is 2.21. The monoisotopic (exact) mass is 767 g/mol. The Bertz CT molecular complexity index is 3830. The van der Waals surface area contributed by atoms with Gasteiger partial charge in [-0.3, -0.25) is 0 Å². The average molecular weight is 768 g/mol. The summed E-state index contributed by atoms with van der Waals surface area (Å²) in [6.07, 6.45) is 0. The minimum absolute atomic E-state index is 0.850. The van der Waals surface area contributed by atoms with Gasteiger partial charge in [0.15, 0.2) is 0 Å². The van der Waals surface area contributed by atoms with E-state index in [-0.39, 0.29) is 0 Å². The van der Waals surface area contributed by atoms with Crippen LogP contribution in [0.2, 0.25) is 0 Å². The Morgan fingerprint density at radius 1 is 0.300 bits per heavy atom. The Hall–Kier alpha value is -8.08. The Balaban J connectivity index is 0.931. The average Bonchev–Trinajstić information content (AvgIpc) is 4.01. The first-order valence-corrected chi connectivity index (χ1v) is 20.3. The van der Waals surface area contributed by atoms with Crippen molar-refractivity contribution in [1.82, 2.24) is 0 Å². The Labute approximate surface area is 343 Å². The van der Waals surface area contributed by atoms with Gasteiger partial charge < -0.3 is 18.2 Å². The minimum Gasteiger partial charge on any atom is -0.456 e. The molecule has 60 heavy (non-hydrogen) atoms. The van der Waals surface area contributed by atoms with Crippen LogP contribution in [0.4, 0.5) is 17.1 Å². The fourth-order valence-corrected chi connectivity index (χ4v) is 9.40. The summed E-state index contributed by atoms with van der Waals surface area (Å²) in [5.74, 6) is 0. The van der Waals surface area contributed by atoms with Gasteiger partial charge in [0, 0.05) is 54.6 Å². The number of rotatable bonds is 5. The van der Waals surface area contributed by atoms with E-state index < -0.39 is 0 Å². The van der Waals surface area contributed by atoms with Crippen LogP contribution in [0.25, 0.3) is 110 Å². The van der Waals surface area contributed by atoms with Gasteiger partial charge >= 0.3 is 0 Å². The van der Waals surface area contributed by atoms with Crippen LogP contribution in [-0.2, 0) is 0 Å². The molecule has 3 heterocycles. The zero-order valence-electron chi connectivity index (χ0n) is 32.2. The number of furan rings is 3. The zero-order valence-corrected chi connectivity index (χ0v) is 32.2. The van der Waals surface area contributed by atoms with E-state index in [1.807, 2.05) is 12.1 Å².